The quantitative estimate of drug-likeness (QED) is 0.554. The highest BCUT2D eigenvalue weighted by atomic mass is 19.1. The summed E-state index contributed by atoms with van der Waals surface area (Å²) in [5.74, 6) is -0.510. The number of carbonyl (C=O) groups excluding carboxylic acids is 1. The van der Waals surface area contributed by atoms with Crippen LogP contribution >= 0.6 is 0 Å². The summed E-state index contributed by atoms with van der Waals surface area (Å²) in [5.41, 5.74) is 3.64. The topological polar surface area (TPSA) is 54.9 Å². The third-order valence-electron chi connectivity index (χ3n) is 4.64. The van der Waals surface area contributed by atoms with E-state index in [4.69, 9.17) is 0 Å². The first kappa shape index (κ1) is 17.8. The van der Waals surface area contributed by atoms with Gasteiger partial charge in [0.25, 0.3) is 5.91 Å². The van der Waals surface area contributed by atoms with E-state index in [1.54, 1.807) is 30.6 Å². The molecule has 1 amide bonds. The van der Waals surface area contributed by atoms with Crippen molar-refractivity contribution in [1.29, 1.82) is 0 Å². The Balaban J connectivity index is 1.72. The van der Waals surface area contributed by atoms with Gasteiger partial charge in [0, 0.05) is 23.3 Å². The number of benzene rings is 2. The summed E-state index contributed by atoms with van der Waals surface area (Å²) in [6, 6.07) is 18.9. The van der Waals surface area contributed by atoms with Gasteiger partial charge in [0.05, 0.1) is 22.8 Å². The number of pyridine rings is 2. The van der Waals surface area contributed by atoms with Crippen molar-refractivity contribution in [3.8, 4) is 11.3 Å². The summed E-state index contributed by atoms with van der Waals surface area (Å²) in [5, 5.41) is 3.77. The molecule has 28 heavy (non-hydrogen) atoms. The van der Waals surface area contributed by atoms with Crippen molar-refractivity contribution in [2.45, 2.75) is 13.0 Å². The van der Waals surface area contributed by atoms with Gasteiger partial charge in [-0.2, -0.15) is 0 Å². The fourth-order valence-corrected chi connectivity index (χ4v) is 3.13. The molecule has 2 heterocycles. The molecule has 138 valence electrons. The number of fused-ring (bicyclic) bond motifs is 1. The molecule has 5 heteroatoms. The number of halogens is 1. The molecule has 1 unspecified atom stereocenters. The average molecular weight is 371 g/mol. The molecule has 2 aromatic heterocycles. The number of aromatic nitrogens is 2. The Morgan fingerprint density at radius 1 is 1.04 bits per heavy atom. The monoisotopic (exact) mass is 371 g/mol. The third-order valence-corrected chi connectivity index (χ3v) is 4.64. The van der Waals surface area contributed by atoms with Crippen LogP contribution in [0.4, 0.5) is 4.39 Å². The Bertz CT molecular complexity index is 1130. The maximum Gasteiger partial charge on any atom is 0.252 e. The molecule has 4 rings (SSSR count). The van der Waals surface area contributed by atoms with Gasteiger partial charge in [-0.15, -0.1) is 0 Å². The van der Waals surface area contributed by atoms with Crippen LogP contribution in [0.15, 0.2) is 79.1 Å². The lowest BCUT2D eigenvalue weighted by Crippen LogP contribution is -2.27. The van der Waals surface area contributed by atoms with Crippen molar-refractivity contribution in [2.75, 3.05) is 0 Å². The Kier molecular flexibility index (Phi) is 4.81. The second-order valence-electron chi connectivity index (χ2n) is 6.56. The first-order valence-electron chi connectivity index (χ1n) is 8.98. The second-order valence-corrected chi connectivity index (χ2v) is 6.56. The predicted molar refractivity (Wildman–Crippen MR) is 107 cm³/mol. The lowest BCUT2D eigenvalue weighted by atomic mass is 10.0. The van der Waals surface area contributed by atoms with Crippen LogP contribution in [-0.4, -0.2) is 15.9 Å². The molecule has 0 fully saturated rings. The zero-order valence-corrected chi connectivity index (χ0v) is 15.3. The van der Waals surface area contributed by atoms with Gasteiger partial charge in [-0.05, 0) is 48.9 Å². The van der Waals surface area contributed by atoms with E-state index >= 15 is 0 Å². The number of para-hydroxylation sites is 1. The normalized spacial score (nSPS) is 11.9. The van der Waals surface area contributed by atoms with Crippen molar-refractivity contribution in [3.05, 3.63) is 96.1 Å². The zero-order valence-electron chi connectivity index (χ0n) is 15.3. The van der Waals surface area contributed by atoms with Crippen molar-refractivity contribution in [2.24, 2.45) is 0 Å². The number of amides is 1. The Morgan fingerprint density at radius 3 is 2.57 bits per heavy atom. The van der Waals surface area contributed by atoms with Crippen LogP contribution in [0.1, 0.15) is 28.9 Å². The van der Waals surface area contributed by atoms with E-state index in [1.165, 1.54) is 12.1 Å². The SMILES string of the molecule is CC(NC(=O)c1cc(-c2cccnc2)nc2ccccc12)c1ccc(F)cc1. The third kappa shape index (κ3) is 3.60. The highest BCUT2D eigenvalue weighted by Gasteiger charge is 2.16. The number of carbonyl (C=O) groups is 1. The molecule has 0 aliphatic rings. The van der Waals surface area contributed by atoms with Gasteiger partial charge in [-0.3, -0.25) is 9.78 Å². The molecule has 4 nitrogen and oxygen atoms in total. The Hall–Kier alpha value is -3.60. The summed E-state index contributed by atoms with van der Waals surface area (Å²) >= 11 is 0. The Labute approximate surface area is 162 Å². The zero-order chi connectivity index (χ0) is 19.5. The fourth-order valence-electron chi connectivity index (χ4n) is 3.13. The number of nitrogens with one attached hydrogen (secondary N) is 1. The van der Waals surface area contributed by atoms with E-state index in [0.29, 0.717) is 11.3 Å². The van der Waals surface area contributed by atoms with Crippen molar-refractivity contribution in [1.82, 2.24) is 15.3 Å². The van der Waals surface area contributed by atoms with Crippen LogP contribution in [0, 0.1) is 5.82 Å². The van der Waals surface area contributed by atoms with E-state index in [2.05, 4.69) is 15.3 Å². The average Bonchev–Trinajstić information content (AvgIpc) is 2.74. The molecule has 0 saturated heterocycles. The van der Waals surface area contributed by atoms with Crippen LogP contribution < -0.4 is 5.32 Å². The van der Waals surface area contributed by atoms with E-state index in [9.17, 15) is 9.18 Å². The van der Waals surface area contributed by atoms with Gasteiger partial charge < -0.3 is 5.32 Å². The van der Waals surface area contributed by atoms with Gasteiger partial charge >= 0.3 is 0 Å². The van der Waals surface area contributed by atoms with Crippen LogP contribution in [0.5, 0.6) is 0 Å². The molecule has 0 bridgehead atoms. The largest absolute Gasteiger partial charge is 0.345 e. The Morgan fingerprint density at radius 2 is 1.82 bits per heavy atom. The van der Waals surface area contributed by atoms with Crippen molar-refractivity contribution in [3.63, 3.8) is 0 Å². The highest BCUT2D eigenvalue weighted by molar-refractivity contribution is 6.07. The molecule has 1 N–H and O–H groups in total. The fraction of sp³-hybridized carbons (Fsp3) is 0.0870. The molecular weight excluding hydrogens is 353 g/mol. The number of rotatable bonds is 4. The van der Waals surface area contributed by atoms with E-state index in [1.807, 2.05) is 43.3 Å². The van der Waals surface area contributed by atoms with E-state index in [0.717, 1.165) is 22.0 Å². The van der Waals surface area contributed by atoms with Crippen LogP contribution in [0.2, 0.25) is 0 Å². The minimum Gasteiger partial charge on any atom is -0.345 e. The van der Waals surface area contributed by atoms with Crippen LogP contribution in [0.3, 0.4) is 0 Å². The van der Waals surface area contributed by atoms with Crippen LogP contribution in [-0.2, 0) is 0 Å². The van der Waals surface area contributed by atoms with E-state index < -0.39 is 0 Å². The summed E-state index contributed by atoms with van der Waals surface area (Å²) in [4.78, 5) is 21.9. The molecule has 4 aromatic rings. The van der Waals surface area contributed by atoms with Gasteiger partial charge in [0.2, 0.25) is 0 Å². The second kappa shape index (κ2) is 7.56. The maximum absolute atomic E-state index is 13.2. The molecule has 0 aliphatic carbocycles. The minimum absolute atomic E-state index is 0.208. The standard InChI is InChI=1S/C23H18FN3O/c1-15(16-8-10-18(24)11-9-16)26-23(28)20-13-22(17-5-4-12-25-14-17)27-21-7-3-2-6-19(20)21/h2-15H,1H3,(H,26,28). The van der Waals surface area contributed by atoms with Crippen LogP contribution in [0.25, 0.3) is 22.2 Å². The van der Waals surface area contributed by atoms with Crippen molar-refractivity contribution < 1.29 is 9.18 Å². The lowest BCUT2D eigenvalue weighted by molar-refractivity contribution is 0.0941. The molecular formula is C23H18FN3O. The van der Waals surface area contributed by atoms with E-state index in [-0.39, 0.29) is 17.8 Å². The van der Waals surface area contributed by atoms with Crippen molar-refractivity contribution >= 4 is 16.8 Å². The summed E-state index contributed by atoms with van der Waals surface area (Å²) in [7, 11) is 0. The lowest BCUT2D eigenvalue weighted by Gasteiger charge is -2.16. The first-order valence-corrected chi connectivity index (χ1v) is 8.98. The molecule has 0 radical (unpaired) electrons. The van der Waals surface area contributed by atoms with Gasteiger partial charge in [-0.25, -0.2) is 9.37 Å². The smallest absolute Gasteiger partial charge is 0.252 e. The molecule has 2 aromatic carbocycles. The summed E-state index contributed by atoms with van der Waals surface area (Å²) in [6.07, 6.45) is 3.42. The van der Waals surface area contributed by atoms with Gasteiger partial charge in [0.1, 0.15) is 5.82 Å². The predicted octanol–water partition coefficient (Wildman–Crippen LogP) is 4.93. The minimum atomic E-state index is -0.302. The molecule has 1 atom stereocenters. The molecule has 0 spiro atoms. The molecule has 0 aliphatic heterocycles. The summed E-state index contributed by atoms with van der Waals surface area (Å²) < 4.78 is 13.2. The highest BCUT2D eigenvalue weighted by Crippen LogP contribution is 2.25. The summed E-state index contributed by atoms with van der Waals surface area (Å²) in [6.45, 7) is 1.87. The number of hydrogen-bond acceptors (Lipinski definition) is 3. The van der Waals surface area contributed by atoms with Gasteiger partial charge in [-0.1, -0.05) is 30.3 Å². The number of hydrogen-bond donors (Lipinski definition) is 1. The molecule has 0 saturated carbocycles. The first-order chi connectivity index (χ1) is 13.6. The van der Waals surface area contributed by atoms with Gasteiger partial charge in [0.15, 0.2) is 0 Å². The number of nitrogens with zero attached hydrogens (tertiary/aromatic N) is 2. The maximum atomic E-state index is 13.2.